The molecule has 1 aliphatic heterocycles. The van der Waals surface area contributed by atoms with Crippen LogP contribution in [0.3, 0.4) is 0 Å². The van der Waals surface area contributed by atoms with Crippen LogP contribution in [-0.2, 0) is 29.0 Å². The molecule has 206 valence electrons. The van der Waals surface area contributed by atoms with Crippen molar-refractivity contribution < 1.29 is 19.1 Å². The third kappa shape index (κ3) is 6.44. The third-order valence-corrected chi connectivity index (χ3v) is 7.48. The van der Waals surface area contributed by atoms with Crippen LogP contribution >= 0.6 is 11.3 Å². The Labute approximate surface area is 233 Å². The van der Waals surface area contributed by atoms with Crippen molar-refractivity contribution in [3.63, 3.8) is 0 Å². The number of imidazole rings is 1. The van der Waals surface area contributed by atoms with Gasteiger partial charge in [-0.1, -0.05) is 38.8 Å². The summed E-state index contributed by atoms with van der Waals surface area (Å²) in [7, 11) is 1.36. The Kier molecular flexibility index (Phi) is 9.29. The SMILES string of the molecule is CCCCc1ncc(/C=C2\C(=O)N(Cc3csc(C)n3)C(=O)N2CCCC)n1Cc1ccc(C(=O)OC)cc1. The smallest absolute Gasteiger partial charge is 0.337 e. The first-order chi connectivity index (χ1) is 18.9. The van der Waals surface area contributed by atoms with Crippen LogP contribution in [0.15, 0.2) is 41.5 Å². The van der Waals surface area contributed by atoms with E-state index in [1.807, 2.05) is 24.4 Å². The van der Waals surface area contributed by atoms with Crippen molar-refractivity contribution in [3.8, 4) is 0 Å². The summed E-state index contributed by atoms with van der Waals surface area (Å²) >= 11 is 1.50. The van der Waals surface area contributed by atoms with E-state index in [0.717, 1.165) is 54.2 Å². The van der Waals surface area contributed by atoms with Crippen LogP contribution in [0.25, 0.3) is 6.08 Å². The predicted molar refractivity (Wildman–Crippen MR) is 150 cm³/mol. The number of unbranched alkanes of at least 4 members (excludes halogenated alkanes) is 2. The van der Waals surface area contributed by atoms with Gasteiger partial charge in [-0.3, -0.25) is 14.6 Å². The highest BCUT2D eigenvalue weighted by atomic mass is 32.1. The van der Waals surface area contributed by atoms with Gasteiger partial charge in [0.2, 0.25) is 0 Å². The topological polar surface area (TPSA) is 97.6 Å². The maximum atomic E-state index is 13.6. The van der Waals surface area contributed by atoms with Gasteiger partial charge >= 0.3 is 12.0 Å². The van der Waals surface area contributed by atoms with E-state index in [9.17, 15) is 14.4 Å². The van der Waals surface area contributed by atoms with E-state index in [-0.39, 0.29) is 24.5 Å². The molecule has 1 aromatic carbocycles. The van der Waals surface area contributed by atoms with Crippen LogP contribution in [0.4, 0.5) is 4.79 Å². The monoisotopic (exact) mass is 549 g/mol. The van der Waals surface area contributed by atoms with Crippen LogP contribution < -0.4 is 0 Å². The van der Waals surface area contributed by atoms with Crippen LogP contribution in [0.5, 0.6) is 0 Å². The van der Waals surface area contributed by atoms with Crippen LogP contribution in [0.2, 0.25) is 0 Å². The molecule has 0 N–H and O–H groups in total. The van der Waals surface area contributed by atoms with Gasteiger partial charge < -0.3 is 9.30 Å². The minimum atomic E-state index is -0.382. The Balaban J connectivity index is 1.68. The van der Waals surface area contributed by atoms with E-state index in [2.05, 4.69) is 28.4 Å². The lowest BCUT2D eigenvalue weighted by atomic mass is 10.1. The summed E-state index contributed by atoms with van der Waals surface area (Å²) in [5.41, 5.74) is 3.28. The lowest BCUT2D eigenvalue weighted by Gasteiger charge is -2.17. The molecule has 0 atom stereocenters. The molecule has 1 aliphatic rings. The number of hydrogen-bond acceptors (Lipinski definition) is 7. The second kappa shape index (κ2) is 12.8. The molecule has 10 heteroatoms. The number of carbonyl (C=O) groups is 3. The number of amides is 3. The minimum Gasteiger partial charge on any atom is -0.465 e. The molecular weight excluding hydrogens is 514 g/mol. The molecule has 9 nitrogen and oxygen atoms in total. The maximum Gasteiger partial charge on any atom is 0.337 e. The summed E-state index contributed by atoms with van der Waals surface area (Å²) in [5, 5.41) is 2.78. The maximum absolute atomic E-state index is 13.6. The Bertz CT molecular complexity index is 1360. The first-order valence-electron chi connectivity index (χ1n) is 13.3. The molecule has 4 rings (SSSR count). The van der Waals surface area contributed by atoms with E-state index < -0.39 is 0 Å². The highest BCUT2D eigenvalue weighted by Gasteiger charge is 2.41. The highest BCUT2D eigenvalue weighted by Crippen LogP contribution is 2.27. The molecule has 1 saturated heterocycles. The highest BCUT2D eigenvalue weighted by molar-refractivity contribution is 7.09. The zero-order valence-corrected chi connectivity index (χ0v) is 23.8. The van der Waals surface area contributed by atoms with Gasteiger partial charge in [-0.15, -0.1) is 11.3 Å². The zero-order valence-electron chi connectivity index (χ0n) is 23.0. The number of methoxy groups -OCH3 is 1. The minimum absolute atomic E-state index is 0.148. The van der Waals surface area contributed by atoms with Crippen molar-refractivity contribution in [2.75, 3.05) is 13.7 Å². The van der Waals surface area contributed by atoms with Gasteiger partial charge in [0.05, 0.1) is 41.8 Å². The fourth-order valence-corrected chi connectivity index (χ4v) is 5.10. The normalized spacial score (nSPS) is 14.6. The Morgan fingerprint density at radius 2 is 1.79 bits per heavy atom. The molecule has 0 saturated carbocycles. The van der Waals surface area contributed by atoms with Crippen molar-refractivity contribution >= 4 is 35.3 Å². The van der Waals surface area contributed by atoms with Crippen LogP contribution in [0.1, 0.15) is 77.7 Å². The number of benzene rings is 1. The van der Waals surface area contributed by atoms with Gasteiger partial charge in [0, 0.05) is 24.9 Å². The number of rotatable bonds is 12. The van der Waals surface area contributed by atoms with Crippen LogP contribution in [0, 0.1) is 6.92 Å². The summed E-state index contributed by atoms with van der Waals surface area (Å²) in [4.78, 5) is 50.8. The summed E-state index contributed by atoms with van der Waals surface area (Å²) in [6, 6.07) is 6.95. The quantitative estimate of drug-likeness (QED) is 0.170. The molecule has 3 aromatic rings. The number of ether oxygens (including phenoxy) is 1. The fourth-order valence-electron chi connectivity index (χ4n) is 4.49. The van der Waals surface area contributed by atoms with Crippen molar-refractivity contribution in [3.05, 3.63) is 74.9 Å². The number of aryl methyl sites for hydroxylation is 2. The van der Waals surface area contributed by atoms with Gasteiger partial charge in [-0.05, 0) is 43.5 Å². The van der Waals surface area contributed by atoms with Crippen molar-refractivity contribution in [2.45, 2.75) is 66.0 Å². The molecule has 39 heavy (non-hydrogen) atoms. The van der Waals surface area contributed by atoms with E-state index in [0.29, 0.717) is 30.0 Å². The summed E-state index contributed by atoms with van der Waals surface area (Å²) < 4.78 is 6.89. The number of esters is 1. The Hall–Kier alpha value is -3.79. The molecule has 0 unspecified atom stereocenters. The van der Waals surface area contributed by atoms with E-state index >= 15 is 0 Å². The number of aromatic nitrogens is 3. The molecule has 0 aliphatic carbocycles. The average Bonchev–Trinajstić information content (AvgIpc) is 3.59. The van der Waals surface area contributed by atoms with Gasteiger partial charge in [0.25, 0.3) is 5.91 Å². The van der Waals surface area contributed by atoms with Crippen LogP contribution in [-0.4, -0.2) is 55.9 Å². The number of imide groups is 1. The third-order valence-electron chi connectivity index (χ3n) is 6.66. The lowest BCUT2D eigenvalue weighted by Crippen LogP contribution is -2.33. The first-order valence-corrected chi connectivity index (χ1v) is 14.2. The van der Waals surface area contributed by atoms with Gasteiger partial charge in [-0.2, -0.15) is 0 Å². The standard InChI is InChI=1S/C29H35N5O4S/c1-5-7-9-26-30-16-24(33(26)17-21-10-12-22(13-11-21)28(36)38-4)15-25-27(35)34(18-23-19-39-20(3)31-23)29(37)32(25)14-8-6-2/h10-13,15-16,19H,5-9,14,17-18H2,1-4H3/b25-15+. The molecule has 1 fully saturated rings. The zero-order chi connectivity index (χ0) is 27.9. The molecule has 3 amide bonds. The molecule has 0 bridgehead atoms. The van der Waals surface area contributed by atoms with E-state index in [1.165, 1.54) is 23.3 Å². The van der Waals surface area contributed by atoms with E-state index in [4.69, 9.17) is 4.74 Å². The van der Waals surface area contributed by atoms with Gasteiger partial charge in [-0.25, -0.2) is 19.6 Å². The van der Waals surface area contributed by atoms with Crippen molar-refractivity contribution in [1.82, 2.24) is 24.3 Å². The molecule has 0 radical (unpaired) electrons. The predicted octanol–water partition coefficient (Wildman–Crippen LogP) is 5.43. The second-order valence-electron chi connectivity index (χ2n) is 9.54. The molecule has 3 heterocycles. The number of urea groups is 1. The fraction of sp³-hybridized carbons (Fsp3) is 0.414. The number of nitrogens with zero attached hydrogens (tertiary/aromatic N) is 5. The number of carbonyl (C=O) groups excluding carboxylic acids is 3. The lowest BCUT2D eigenvalue weighted by molar-refractivity contribution is -0.123. The van der Waals surface area contributed by atoms with E-state index in [1.54, 1.807) is 29.3 Å². The largest absolute Gasteiger partial charge is 0.465 e. The molecular formula is C29H35N5O4S. The summed E-state index contributed by atoms with van der Waals surface area (Å²) in [6.07, 6.45) is 8.04. The second-order valence-corrected chi connectivity index (χ2v) is 10.6. The molecule has 2 aromatic heterocycles. The van der Waals surface area contributed by atoms with Crippen molar-refractivity contribution in [1.29, 1.82) is 0 Å². The van der Waals surface area contributed by atoms with Crippen molar-refractivity contribution in [2.24, 2.45) is 0 Å². The first kappa shape index (κ1) is 28.2. The number of hydrogen-bond donors (Lipinski definition) is 0. The Morgan fingerprint density at radius 1 is 1.05 bits per heavy atom. The number of thiazole rings is 1. The summed E-state index contributed by atoms with van der Waals surface area (Å²) in [6.45, 7) is 7.22. The summed E-state index contributed by atoms with van der Waals surface area (Å²) in [5.74, 6) is 0.201. The van der Waals surface area contributed by atoms with Gasteiger partial charge in [0.15, 0.2) is 0 Å². The molecule has 0 spiro atoms. The Morgan fingerprint density at radius 3 is 2.44 bits per heavy atom. The average molecular weight is 550 g/mol. The van der Waals surface area contributed by atoms with Gasteiger partial charge in [0.1, 0.15) is 11.5 Å².